The maximum Gasteiger partial charge on any atom is 0.273 e. The topological polar surface area (TPSA) is 71.4 Å². The van der Waals surface area contributed by atoms with E-state index >= 15 is 0 Å². The van der Waals surface area contributed by atoms with Crippen molar-refractivity contribution in [2.75, 3.05) is 6.61 Å². The van der Waals surface area contributed by atoms with Crippen LogP contribution in [0.2, 0.25) is 0 Å². The predicted molar refractivity (Wildman–Crippen MR) is 57.9 cm³/mol. The fourth-order valence-electron chi connectivity index (χ4n) is 1.23. The van der Waals surface area contributed by atoms with E-state index in [4.69, 9.17) is 5.11 Å². The first-order valence-corrected chi connectivity index (χ1v) is 4.46. The van der Waals surface area contributed by atoms with Crippen molar-refractivity contribution in [3.8, 4) is 0 Å². The van der Waals surface area contributed by atoms with Gasteiger partial charge in [0.15, 0.2) is 0 Å². The first-order valence-electron chi connectivity index (χ1n) is 4.46. The van der Waals surface area contributed by atoms with E-state index in [1.54, 1.807) is 19.1 Å². The van der Waals surface area contributed by atoms with Gasteiger partial charge in [-0.2, -0.15) is 0 Å². The van der Waals surface area contributed by atoms with Gasteiger partial charge in [-0.05, 0) is 6.92 Å². The van der Waals surface area contributed by atoms with Crippen LogP contribution >= 0.6 is 0 Å². The van der Waals surface area contributed by atoms with Crippen LogP contribution in [-0.2, 0) is 0 Å². The van der Waals surface area contributed by atoms with Gasteiger partial charge >= 0.3 is 0 Å². The maximum absolute atomic E-state index is 11.0. The Kier molecular flexibility index (Phi) is 3.46. The predicted octanol–water partition coefficient (Wildman–Crippen LogP) is -0.205. The van der Waals surface area contributed by atoms with Crippen LogP contribution in [0.5, 0.6) is 0 Å². The largest absolute Gasteiger partial charge is 0.397 e. The summed E-state index contributed by atoms with van der Waals surface area (Å²) in [7, 11) is 0. The van der Waals surface area contributed by atoms with Crippen LogP contribution in [0.25, 0.3) is 10.8 Å². The molecule has 0 aliphatic carbocycles. The standard InChI is InChI=1S/C9H4O3.C2H6O/c10-7-5-3-1-2-4-6(5)8(11)9(7)12;1-2-3/h1-4H;3H,2H2,1H3. The zero-order valence-corrected chi connectivity index (χ0v) is 8.19. The van der Waals surface area contributed by atoms with Crippen LogP contribution in [0.4, 0.5) is 0 Å². The number of benzene rings is 1. The molecule has 0 amide bonds. The van der Waals surface area contributed by atoms with E-state index in [0.29, 0.717) is 0 Å². The molecule has 0 radical (unpaired) electrons. The molecule has 0 saturated carbocycles. The van der Waals surface area contributed by atoms with E-state index in [0.717, 1.165) is 0 Å². The highest BCUT2D eigenvalue weighted by atomic mass is 16.2. The number of aliphatic hydroxyl groups excluding tert-OH is 1. The number of hydrogen-bond acceptors (Lipinski definition) is 4. The zero-order valence-electron chi connectivity index (χ0n) is 8.19. The fraction of sp³-hybridized carbons (Fsp3) is 0.182. The highest BCUT2D eigenvalue weighted by molar-refractivity contribution is 5.83. The van der Waals surface area contributed by atoms with Gasteiger partial charge in [0.1, 0.15) is 0 Å². The molecule has 0 fully saturated rings. The number of rotatable bonds is 0. The van der Waals surface area contributed by atoms with Crippen LogP contribution in [0.3, 0.4) is 0 Å². The normalized spacial score (nSPS) is 9.73. The summed E-state index contributed by atoms with van der Waals surface area (Å²) in [6.07, 6.45) is 0. The third-order valence-corrected chi connectivity index (χ3v) is 1.83. The quantitative estimate of drug-likeness (QED) is 0.606. The molecule has 0 heterocycles. The smallest absolute Gasteiger partial charge is 0.273 e. The molecule has 2 aromatic rings. The van der Waals surface area contributed by atoms with Crippen molar-refractivity contribution >= 4 is 10.8 Å². The van der Waals surface area contributed by atoms with Crippen molar-refractivity contribution < 1.29 is 5.11 Å². The molecule has 0 aliphatic rings. The summed E-state index contributed by atoms with van der Waals surface area (Å²) in [5.74, 6) is 0. The van der Waals surface area contributed by atoms with E-state index in [2.05, 4.69) is 0 Å². The lowest BCUT2D eigenvalue weighted by atomic mass is 10.2. The van der Waals surface area contributed by atoms with Gasteiger partial charge in [0.05, 0.1) is 0 Å². The lowest BCUT2D eigenvalue weighted by Crippen LogP contribution is -2.29. The Hall–Kier alpha value is -1.81. The fourth-order valence-corrected chi connectivity index (χ4v) is 1.23. The van der Waals surface area contributed by atoms with Crippen molar-refractivity contribution in [2.45, 2.75) is 6.92 Å². The first-order chi connectivity index (χ1) is 7.13. The molecule has 0 aromatic heterocycles. The number of fused-ring (bicyclic) bond motifs is 1. The van der Waals surface area contributed by atoms with Crippen LogP contribution in [-0.4, -0.2) is 11.7 Å². The molecule has 0 saturated heterocycles. The summed E-state index contributed by atoms with van der Waals surface area (Å²) in [5.41, 5.74) is -2.29. The third-order valence-electron chi connectivity index (χ3n) is 1.83. The summed E-state index contributed by atoms with van der Waals surface area (Å²) in [5, 5.41) is 8.03. The van der Waals surface area contributed by atoms with E-state index in [1.165, 1.54) is 12.1 Å². The highest BCUT2D eigenvalue weighted by Gasteiger charge is 2.09. The average Bonchev–Trinajstić information content (AvgIpc) is 2.46. The molecule has 0 bridgehead atoms. The monoisotopic (exact) mass is 206 g/mol. The third kappa shape index (κ3) is 1.99. The Morgan fingerprint density at radius 2 is 1.27 bits per heavy atom. The molecule has 1 N–H and O–H groups in total. The van der Waals surface area contributed by atoms with Gasteiger partial charge in [-0.15, -0.1) is 0 Å². The summed E-state index contributed by atoms with van der Waals surface area (Å²) >= 11 is 0. The molecule has 2 aromatic carbocycles. The van der Waals surface area contributed by atoms with Crippen molar-refractivity contribution in [3.63, 3.8) is 0 Å². The van der Waals surface area contributed by atoms with E-state index < -0.39 is 16.3 Å². The first kappa shape index (κ1) is 11.3. The SMILES string of the molecule is CCO.O=c1c(=O)c2ccccc2c1=O. The number of hydrogen-bond donors (Lipinski definition) is 1. The van der Waals surface area contributed by atoms with Gasteiger partial charge < -0.3 is 5.11 Å². The summed E-state index contributed by atoms with van der Waals surface area (Å²) < 4.78 is 0. The van der Waals surface area contributed by atoms with Crippen LogP contribution in [0.15, 0.2) is 38.6 Å². The lowest BCUT2D eigenvalue weighted by Gasteiger charge is -1.81. The zero-order chi connectivity index (χ0) is 11.4. The van der Waals surface area contributed by atoms with E-state index in [9.17, 15) is 14.4 Å². The Morgan fingerprint density at radius 3 is 1.60 bits per heavy atom. The lowest BCUT2D eigenvalue weighted by molar-refractivity contribution is 0.318. The average molecular weight is 206 g/mol. The molecule has 0 spiro atoms. The van der Waals surface area contributed by atoms with E-state index in [1.807, 2.05) is 0 Å². The maximum atomic E-state index is 11.0. The minimum Gasteiger partial charge on any atom is -0.397 e. The Labute approximate surface area is 85.1 Å². The van der Waals surface area contributed by atoms with Crippen LogP contribution < -0.4 is 16.3 Å². The van der Waals surface area contributed by atoms with Crippen molar-refractivity contribution in [1.29, 1.82) is 0 Å². The van der Waals surface area contributed by atoms with Gasteiger partial charge in [-0.1, -0.05) is 24.3 Å². The van der Waals surface area contributed by atoms with Gasteiger partial charge in [0.25, 0.3) is 5.43 Å². The Balaban J connectivity index is 0.000000337. The molecular formula is C11H10O4. The second kappa shape index (κ2) is 4.61. The van der Waals surface area contributed by atoms with Gasteiger partial charge in [-0.25, -0.2) is 0 Å². The van der Waals surface area contributed by atoms with Crippen molar-refractivity contribution in [3.05, 3.63) is 54.9 Å². The summed E-state index contributed by atoms with van der Waals surface area (Å²) in [6, 6.07) is 6.23. The van der Waals surface area contributed by atoms with Gasteiger partial charge in [0, 0.05) is 17.4 Å². The van der Waals surface area contributed by atoms with Crippen LogP contribution in [0.1, 0.15) is 6.92 Å². The van der Waals surface area contributed by atoms with Crippen molar-refractivity contribution in [2.24, 2.45) is 0 Å². The summed E-state index contributed by atoms with van der Waals surface area (Å²) in [6.45, 7) is 1.93. The molecule has 78 valence electrons. The van der Waals surface area contributed by atoms with E-state index in [-0.39, 0.29) is 17.4 Å². The Morgan fingerprint density at radius 1 is 0.933 bits per heavy atom. The van der Waals surface area contributed by atoms with Gasteiger partial charge in [0.2, 0.25) is 10.9 Å². The molecule has 4 heteroatoms. The molecule has 2 rings (SSSR count). The minimum absolute atomic E-state index is 0.229. The molecule has 0 aliphatic heterocycles. The molecule has 0 atom stereocenters. The van der Waals surface area contributed by atoms with Crippen molar-refractivity contribution in [1.82, 2.24) is 0 Å². The minimum atomic E-state index is -0.920. The second-order valence-corrected chi connectivity index (χ2v) is 2.85. The molecule has 0 unspecified atom stereocenters. The molecule has 15 heavy (non-hydrogen) atoms. The molecular weight excluding hydrogens is 196 g/mol. The second-order valence-electron chi connectivity index (χ2n) is 2.85. The Bertz CT molecular complexity index is 541. The molecule has 4 nitrogen and oxygen atoms in total. The van der Waals surface area contributed by atoms with Crippen LogP contribution in [0, 0.1) is 0 Å². The number of aliphatic hydroxyl groups is 1. The highest BCUT2D eigenvalue weighted by Crippen LogP contribution is 2.01. The summed E-state index contributed by atoms with van der Waals surface area (Å²) in [4.78, 5) is 32.9. The van der Waals surface area contributed by atoms with Gasteiger partial charge in [-0.3, -0.25) is 14.4 Å².